The van der Waals surface area contributed by atoms with Gasteiger partial charge in [-0.15, -0.1) is 0 Å². The van der Waals surface area contributed by atoms with Crippen LogP contribution in [-0.2, 0) is 10.2 Å². The van der Waals surface area contributed by atoms with E-state index in [2.05, 4.69) is 5.32 Å². The number of carbonyl (C=O) groups excluding carboxylic acids is 2. The summed E-state index contributed by atoms with van der Waals surface area (Å²) in [6.07, 6.45) is 0.799. The number of anilines is 1. The van der Waals surface area contributed by atoms with Crippen molar-refractivity contribution in [3.8, 4) is 0 Å². The highest BCUT2D eigenvalue weighted by atomic mass is 16.3. The lowest BCUT2D eigenvalue weighted by atomic mass is 9.85. The van der Waals surface area contributed by atoms with Crippen LogP contribution in [0.5, 0.6) is 0 Å². The Morgan fingerprint density at radius 3 is 2.78 bits per heavy atom. The maximum Gasteiger partial charge on any atom is 0.234 e. The summed E-state index contributed by atoms with van der Waals surface area (Å²) in [7, 11) is 0. The minimum absolute atomic E-state index is 0.00185. The second-order valence-corrected chi connectivity index (χ2v) is 5.09. The third-order valence-corrected chi connectivity index (χ3v) is 3.39. The highest BCUT2D eigenvalue weighted by Gasteiger charge is 2.38. The molecule has 1 aliphatic heterocycles. The molecule has 1 heterocycles. The standard InChI is InChI=1S/C14H17NO3/c1-14(2)10-8-9(12(17)4-3-7-16)5-6-11(10)15-13(14)18/h5-6,8,16H,3-4,7H2,1-2H3,(H,15,18). The molecule has 2 rings (SSSR count). The molecule has 0 saturated carbocycles. The number of aliphatic hydroxyl groups is 1. The summed E-state index contributed by atoms with van der Waals surface area (Å²) in [6, 6.07) is 5.28. The molecular formula is C14H17NO3. The summed E-state index contributed by atoms with van der Waals surface area (Å²) in [5, 5.41) is 11.5. The van der Waals surface area contributed by atoms with E-state index in [1.54, 1.807) is 18.2 Å². The first-order valence-corrected chi connectivity index (χ1v) is 6.07. The van der Waals surface area contributed by atoms with Crippen molar-refractivity contribution >= 4 is 17.4 Å². The molecule has 0 aromatic heterocycles. The van der Waals surface area contributed by atoms with Crippen LogP contribution in [-0.4, -0.2) is 23.4 Å². The number of hydrogen-bond acceptors (Lipinski definition) is 3. The number of hydrogen-bond donors (Lipinski definition) is 2. The van der Waals surface area contributed by atoms with Crippen molar-refractivity contribution in [3.63, 3.8) is 0 Å². The smallest absolute Gasteiger partial charge is 0.234 e. The molecule has 4 nitrogen and oxygen atoms in total. The fourth-order valence-corrected chi connectivity index (χ4v) is 2.13. The number of nitrogens with one attached hydrogen (secondary N) is 1. The summed E-state index contributed by atoms with van der Waals surface area (Å²) < 4.78 is 0. The lowest BCUT2D eigenvalue weighted by molar-refractivity contribution is -0.119. The molecule has 1 aromatic carbocycles. The van der Waals surface area contributed by atoms with Gasteiger partial charge in [-0.2, -0.15) is 0 Å². The third-order valence-electron chi connectivity index (χ3n) is 3.39. The van der Waals surface area contributed by atoms with Gasteiger partial charge in [-0.1, -0.05) is 0 Å². The quantitative estimate of drug-likeness (QED) is 0.798. The molecule has 0 bridgehead atoms. The van der Waals surface area contributed by atoms with Crippen LogP contribution in [0.1, 0.15) is 42.6 Å². The Morgan fingerprint density at radius 1 is 1.39 bits per heavy atom. The number of ketones is 1. The molecule has 0 radical (unpaired) electrons. The second-order valence-electron chi connectivity index (χ2n) is 5.09. The number of Topliss-reactive ketones (excluding diaryl/α,β-unsaturated/α-hetero) is 1. The third kappa shape index (κ3) is 2.04. The molecule has 96 valence electrons. The van der Waals surface area contributed by atoms with Crippen molar-refractivity contribution in [2.45, 2.75) is 32.1 Å². The van der Waals surface area contributed by atoms with E-state index in [-0.39, 0.29) is 18.3 Å². The maximum atomic E-state index is 11.9. The molecule has 0 unspecified atom stereocenters. The fraction of sp³-hybridized carbons (Fsp3) is 0.429. The zero-order chi connectivity index (χ0) is 13.3. The monoisotopic (exact) mass is 247 g/mol. The molecule has 0 aliphatic carbocycles. The Kier molecular flexibility index (Phi) is 3.22. The zero-order valence-electron chi connectivity index (χ0n) is 10.6. The molecule has 1 aromatic rings. The van der Waals surface area contributed by atoms with Gasteiger partial charge in [0.15, 0.2) is 5.78 Å². The number of carbonyl (C=O) groups is 2. The fourth-order valence-electron chi connectivity index (χ4n) is 2.13. The molecule has 18 heavy (non-hydrogen) atoms. The van der Waals surface area contributed by atoms with Crippen molar-refractivity contribution < 1.29 is 14.7 Å². The molecule has 2 N–H and O–H groups in total. The molecule has 0 fully saturated rings. The zero-order valence-corrected chi connectivity index (χ0v) is 10.6. The lowest BCUT2D eigenvalue weighted by Crippen LogP contribution is -2.27. The van der Waals surface area contributed by atoms with Gasteiger partial charge in [0.05, 0.1) is 5.41 Å². The summed E-state index contributed by atoms with van der Waals surface area (Å²) in [4.78, 5) is 23.7. The van der Waals surface area contributed by atoms with E-state index in [1.165, 1.54) is 0 Å². The highest BCUT2D eigenvalue weighted by Crippen LogP contribution is 2.37. The topological polar surface area (TPSA) is 66.4 Å². The largest absolute Gasteiger partial charge is 0.396 e. The summed E-state index contributed by atoms with van der Waals surface area (Å²) >= 11 is 0. The van der Waals surface area contributed by atoms with Gasteiger partial charge >= 0.3 is 0 Å². The predicted octanol–water partition coefficient (Wildman–Crippen LogP) is 1.87. The van der Waals surface area contributed by atoms with E-state index in [9.17, 15) is 9.59 Å². The van der Waals surface area contributed by atoms with Crippen molar-refractivity contribution in [1.82, 2.24) is 0 Å². The number of fused-ring (bicyclic) bond motifs is 1. The molecular weight excluding hydrogens is 230 g/mol. The van der Waals surface area contributed by atoms with Gasteiger partial charge in [0, 0.05) is 24.3 Å². The first kappa shape index (κ1) is 12.8. The van der Waals surface area contributed by atoms with Crippen molar-refractivity contribution in [2.75, 3.05) is 11.9 Å². The second kappa shape index (κ2) is 4.53. The Morgan fingerprint density at radius 2 is 2.11 bits per heavy atom. The number of rotatable bonds is 4. The highest BCUT2D eigenvalue weighted by molar-refractivity contribution is 6.07. The average molecular weight is 247 g/mol. The minimum atomic E-state index is -0.595. The van der Waals surface area contributed by atoms with Crippen LogP contribution in [0.2, 0.25) is 0 Å². The summed E-state index contributed by atoms with van der Waals surface area (Å²) in [5.74, 6) is -0.0422. The van der Waals surface area contributed by atoms with Crippen LogP contribution < -0.4 is 5.32 Å². The van der Waals surface area contributed by atoms with Crippen molar-refractivity contribution in [1.29, 1.82) is 0 Å². The molecule has 0 spiro atoms. The van der Waals surface area contributed by atoms with Crippen LogP contribution in [0.3, 0.4) is 0 Å². The predicted molar refractivity (Wildman–Crippen MR) is 68.7 cm³/mol. The Bertz CT molecular complexity index is 506. The first-order valence-electron chi connectivity index (χ1n) is 6.07. The van der Waals surface area contributed by atoms with Gasteiger partial charge in [-0.05, 0) is 44.0 Å². The SMILES string of the molecule is CC1(C)C(=O)Nc2ccc(C(=O)CCCO)cc21. The van der Waals surface area contributed by atoms with E-state index >= 15 is 0 Å². The maximum absolute atomic E-state index is 11.9. The van der Waals surface area contributed by atoms with Crippen molar-refractivity contribution in [2.24, 2.45) is 0 Å². The minimum Gasteiger partial charge on any atom is -0.396 e. The van der Waals surface area contributed by atoms with E-state index in [1.807, 2.05) is 13.8 Å². The number of benzene rings is 1. The van der Waals surface area contributed by atoms with Gasteiger partial charge < -0.3 is 10.4 Å². The van der Waals surface area contributed by atoms with Crippen molar-refractivity contribution in [3.05, 3.63) is 29.3 Å². The van der Waals surface area contributed by atoms with Gasteiger partial charge in [0.2, 0.25) is 5.91 Å². The van der Waals surface area contributed by atoms with E-state index in [0.717, 1.165) is 11.3 Å². The first-order chi connectivity index (χ1) is 8.46. The lowest BCUT2D eigenvalue weighted by Gasteiger charge is -2.15. The normalized spacial score (nSPS) is 16.3. The Hall–Kier alpha value is -1.68. The van der Waals surface area contributed by atoms with Crippen LogP contribution in [0.15, 0.2) is 18.2 Å². The van der Waals surface area contributed by atoms with Gasteiger partial charge in [-0.25, -0.2) is 0 Å². The van der Waals surface area contributed by atoms with Crippen LogP contribution >= 0.6 is 0 Å². The van der Waals surface area contributed by atoms with E-state index in [4.69, 9.17) is 5.11 Å². The molecule has 1 amide bonds. The number of amides is 1. The van der Waals surface area contributed by atoms with Crippen LogP contribution in [0.4, 0.5) is 5.69 Å². The van der Waals surface area contributed by atoms with Gasteiger partial charge in [-0.3, -0.25) is 9.59 Å². The van der Waals surface area contributed by atoms with E-state index < -0.39 is 5.41 Å². The molecule has 4 heteroatoms. The van der Waals surface area contributed by atoms with Gasteiger partial charge in [0.25, 0.3) is 0 Å². The molecule has 0 saturated heterocycles. The average Bonchev–Trinajstić information content (AvgIpc) is 2.57. The molecule has 1 aliphatic rings. The summed E-state index contributed by atoms with van der Waals surface area (Å²) in [6.45, 7) is 3.70. The van der Waals surface area contributed by atoms with Crippen LogP contribution in [0, 0.1) is 0 Å². The summed E-state index contributed by atoms with van der Waals surface area (Å²) in [5.41, 5.74) is 1.65. The van der Waals surface area contributed by atoms with Crippen LogP contribution in [0.25, 0.3) is 0 Å². The molecule has 0 atom stereocenters. The van der Waals surface area contributed by atoms with Gasteiger partial charge in [0.1, 0.15) is 0 Å². The van der Waals surface area contributed by atoms with E-state index in [0.29, 0.717) is 18.4 Å². The Labute approximate surface area is 106 Å². The Balaban J connectivity index is 2.31. The number of aliphatic hydroxyl groups excluding tert-OH is 1.